The Labute approximate surface area is 197 Å². The Hall–Kier alpha value is -4.00. The zero-order valence-electron chi connectivity index (χ0n) is 19.0. The van der Waals surface area contributed by atoms with Gasteiger partial charge in [0.15, 0.2) is 0 Å². The molecule has 0 saturated carbocycles. The first-order valence-electron chi connectivity index (χ1n) is 11.5. The molecule has 2 aliphatic rings. The van der Waals surface area contributed by atoms with E-state index in [0.29, 0.717) is 25.2 Å². The van der Waals surface area contributed by atoms with Gasteiger partial charge < -0.3 is 14.8 Å². The summed E-state index contributed by atoms with van der Waals surface area (Å²) in [5.74, 6) is -0.274. The first-order chi connectivity index (χ1) is 16.5. The summed E-state index contributed by atoms with van der Waals surface area (Å²) in [4.78, 5) is 44.9. The van der Waals surface area contributed by atoms with Crippen LogP contribution in [0.5, 0.6) is 0 Å². The van der Waals surface area contributed by atoms with Crippen LogP contribution in [0.1, 0.15) is 39.5 Å². The molecule has 0 spiro atoms. The minimum absolute atomic E-state index is 0.00880. The highest BCUT2D eigenvalue weighted by Gasteiger charge is 2.37. The summed E-state index contributed by atoms with van der Waals surface area (Å²) in [5, 5.41) is 2.84. The van der Waals surface area contributed by atoms with Gasteiger partial charge in [0.2, 0.25) is 0 Å². The number of amides is 2. The summed E-state index contributed by atoms with van der Waals surface area (Å²) < 4.78 is 1.84. The molecule has 1 saturated heterocycles. The lowest BCUT2D eigenvalue weighted by molar-refractivity contribution is -0.130. The largest absolute Gasteiger partial charge is 0.336 e. The van der Waals surface area contributed by atoms with Crippen molar-refractivity contribution in [3.63, 3.8) is 0 Å². The molecule has 1 N–H and O–H groups in total. The van der Waals surface area contributed by atoms with Crippen LogP contribution < -0.4 is 10.9 Å². The van der Waals surface area contributed by atoms with E-state index >= 15 is 0 Å². The molecule has 5 rings (SSSR count). The van der Waals surface area contributed by atoms with E-state index in [1.807, 2.05) is 35.8 Å². The van der Waals surface area contributed by atoms with Crippen molar-refractivity contribution >= 4 is 17.9 Å². The number of nitrogens with zero attached hydrogens (tertiary/aromatic N) is 3. The second-order valence-corrected chi connectivity index (χ2v) is 9.07. The van der Waals surface area contributed by atoms with E-state index in [1.165, 1.54) is 0 Å². The van der Waals surface area contributed by atoms with Crippen molar-refractivity contribution < 1.29 is 9.59 Å². The average molecular weight is 455 g/mol. The number of piperidine rings is 1. The Morgan fingerprint density at radius 3 is 2.62 bits per heavy atom. The normalized spacial score (nSPS) is 19.3. The van der Waals surface area contributed by atoms with Crippen LogP contribution in [0.25, 0.3) is 6.08 Å². The molecule has 0 aliphatic carbocycles. The van der Waals surface area contributed by atoms with Crippen molar-refractivity contribution in [3.8, 4) is 0 Å². The number of rotatable bonds is 4. The first kappa shape index (κ1) is 21.8. The van der Waals surface area contributed by atoms with Gasteiger partial charge in [0.1, 0.15) is 5.70 Å². The van der Waals surface area contributed by atoms with Crippen LogP contribution in [0.2, 0.25) is 0 Å². The van der Waals surface area contributed by atoms with E-state index < -0.39 is 0 Å². The van der Waals surface area contributed by atoms with Gasteiger partial charge in [-0.15, -0.1) is 0 Å². The number of fused-ring (bicyclic) bond motifs is 4. The fourth-order valence-corrected chi connectivity index (χ4v) is 4.91. The molecule has 3 aromatic rings. The number of pyridine rings is 2. The van der Waals surface area contributed by atoms with Gasteiger partial charge in [0.25, 0.3) is 17.4 Å². The molecule has 172 valence electrons. The van der Waals surface area contributed by atoms with Crippen LogP contribution in [0.15, 0.2) is 77.5 Å². The summed E-state index contributed by atoms with van der Waals surface area (Å²) in [5.41, 5.74) is 3.46. The molecule has 0 radical (unpaired) electrons. The van der Waals surface area contributed by atoms with Crippen molar-refractivity contribution in [3.05, 3.63) is 105 Å². The number of benzene rings is 1. The number of likely N-dealkylation sites (tertiary alicyclic amines) is 1. The third-order valence-electron chi connectivity index (χ3n) is 6.55. The summed E-state index contributed by atoms with van der Waals surface area (Å²) in [7, 11) is 0. The van der Waals surface area contributed by atoms with Gasteiger partial charge in [0, 0.05) is 55.3 Å². The van der Waals surface area contributed by atoms with E-state index in [-0.39, 0.29) is 34.9 Å². The molecule has 4 heterocycles. The molecule has 7 heteroatoms. The molecule has 2 amide bonds. The van der Waals surface area contributed by atoms with E-state index in [2.05, 4.69) is 10.3 Å². The number of aryl methyl sites for hydroxylation is 1. The molecule has 2 aliphatic heterocycles. The molecular weight excluding hydrogens is 428 g/mol. The van der Waals surface area contributed by atoms with Crippen molar-refractivity contribution in [1.82, 2.24) is 19.8 Å². The zero-order valence-corrected chi connectivity index (χ0v) is 19.0. The quantitative estimate of drug-likeness (QED) is 0.615. The SMILES string of the molecule is Cc1ccc(C(=O)N/C(=C\c2cccnc2)C(=O)N2CC3CC(C2)c2cccc(=O)n2C3)cc1. The predicted octanol–water partition coefficient (Wildman–Crippen LogP) is 2.97. The molecule has 1 fully saturated rings. The number of carbonyl (C=O) groups is 2. The summed E-state index contributed by atoms with van der Waals surface area (Å²) in [6.45, 7) is 3.61. The van der Waals surface area contributed by atoms with Crippen molar-refractivity contribution in [1.29, 1.82) is 0 Å². The smallest absolute Gasteiger partial charge is 0.270 e. The molecule has 2 atom stereocenters. The highest BCUT2D eigenvalue weighted by atomic mass is 16.2. The first-order valence-corrected chi connectivity index (χ1v) is 11.5. The number of hydrogen-bond donors (Lipinski definition) is 1. The monoisotopic (exact) mass is 454 g/mol. The maximum atomic E-state index is 13.7. The van der Waals surface area contributed by atoms with E-state index in [0.717, 1.165) is 23.2 Å². The van der Waals surface area contributed by atoms with Crippen LogP contribution in [0, 0.1) is 12.8 Å². The minimum atomic E-state index is -0.336. The van der Waals surface area contributed by atoms with Crippen LogP contribution >= 0.6 is 0 Å². The van der Waals surface area contributed by atoms with E-state index in [1.54, 1.807) is 53.7 Å². The minimum Gasteiger partial charge on any atom is -0.336 e. The Balaban J connectivity index is 1.43. The van der Waals surface area contributed by atoms with Crippen LogP contribution in [0.3, 0.4) is 0 Å². The van der Waals surface area contributed by atoms with Gasteiger partial charge in [-0.3, -0.25) is 19.4 Å². The van der Waals surface area contributed by atoms with E-state index in [9.17, 15) is 14.4 Å². The number of carbonyl (C=O) groups excluding carboxylic acids is 2. The molecule has 1 aromatic carbocycles. The number of hydrogen-bond acceptors (Lipinski definition) is 4. The zero-order chi connectivity index (χ0) is 23.7. The summed E-state index contributed by atoms with van der Waals surface area (Å²) in [6.07, 6.45) is 5.93. The Bertz CT molecular complexity index is 1310. The fraction of sp³-hybridized carbons (Fsp3) is 0.259. The van der Waals surface area contributed by atoms with Crippen LogP contribution in [-0.4, -0.2) is 39.4 Å². The van der Waals surface area contributed by atoms with Crippen molar-refractivity contribution in [2.75, 3.05) is 13.1 Å². The molecule has 34 heavy (non-hydrogen) atoms. The third kappa shape index (κ3) is 4.41. The second kappa shape index (κ2) is 9.09. The fourth-order valence-electron chi connectivity index (χ4n) is 4.91. The van der Waals surface area contributed by atoms with Gasteiger partial charge in [-0.2, -0.15) is 0 Å². The van der Waals surface area contributed by atoms with Crippen molar-refractivity contribution in [2.45, 2.75) is 25.8 Å². The Morgan fingerprint density at radius 1 is 1.03 bits per heavy atom. The van der Waals surface area contributed by atoms with Gasteiger partial charge in [-0.05, 0) is 55.2 Å². The van der Waals surface area contributed by atoms with Crippen LogP contribution in [-0.2, 0) is 11.3 Å². The molecule has 2 bridgehead atoms. The third-order valence-corrected chi connectivity index (χ3v) is 6.55. The molecule has 7 nitrogen and oxygen atoms in total. The standard InChI is InChI=1S/C27H26N4O3/c1-18-7-9-21(10-8-18)26(33)29-23(13-19-4-3-11-28-14-19)27(34)30-15-20-12-22(17-30)24-5-2-6-25(32)31(24)16-20/h2-11,13-14,20,22H,12,15-17H2,1H3,(H,29,33)/b23-13-. The molecule has 2 aromatic heterocycles. The maximum absolute atomic E-state index is 13.7. The lowest BCUT2D eigenvalue weighted by atomic mass is 9.83. The highest BCUT2D eigenvalue weighted by molar-refractivity contribution is 6.05. The predicted molar refractivity (Wildman–Crippen MR) is 129 cm³/mol. The Morgan fingerprint density at radius 2 is 1.85 bits per heavy atom. The Kier molecular flexibility index (Phi) is 5.84. The summed E-state index contributed by atoms with van der Waals surface area (Å²) >= 11 is 0. The molecule has 2 unspecified atom stereocenters. The average Bonchev–Trinajstić information content (AvgIpc) is 2.85. The second-order valence-electron chi connectivity index (χ2n) is 9.07. The van der Waals surface area contributed by atoms with Gasteiger partial charge in [-0.1, -0.05) is 29.8 Å². The van der Waals surface area contributed by atoms with Gasteiger partial charge >= 0.3 is 0 Å². The van der Waals surface area contributed by atoms with Gasteiger partial charge in [-0.25, -0.2) is 0 Å². The topological polar surface area (TPSA) is 84.3 Å². The summed E-state index contributed by atoms with van der Waals surface area (Å²) in [6, 6.07) is 16.2. The van der Waals surface area contributed by atoms with Gasteiger partial charge in [0.05, 0.1) is 0 Å². The lowest BCUT2D eigenvalue weighted by Crippen LogP contribution is -2.50. The van der Waals surface area contributed by atoms with E-state index in [4.69, 9.17) is 0 Å². The van der Waals surface area contributed by atoms with Crippen molar-refractivity contribution in [2.24, 2.45) is 5.92 Å². The lowest BCUT2D eigenvalue weighted by Gasteiger charge is -2.43. The number of nitrogens with one attached hydrogen (secondary N) is 1. The highest BCUT2D eigenvalue weighted by Crippen LogP contribution is 2.35. The van der Waals surface area contributed by atoms with Crippen LogP contribution in [0.4, 0.5) is 0 Å². The maximum Gasteiger partial charge on any atom is 0.270 e. The number of aromatic nitrogens is 2. The molecular formula is C27H26N4O3.